The van der Waals surface area contributed by atoms with Gasteiger partial charge in [0.05, 0.1) is 15.2 Å². The van der Waals surface area contributed by atoms with Crippen LogP contribution in [0.25, 0.3) is 0 Å². The minimum atomic E-state index is 0.595. The summed E-state index contributed by atoms with van der Waals surface area (Å²) in [4.78, 5) is 4.21. The standard InChI is InChI=1S/C11H6Br3ClN2/c12-6-1-2-10(8(13)3-6)17-11-9(14)4-7(15)5-16-11/h1-5H,(H,16,17). The van der Waals surface area contributed by atoms with Crippen LogP contribution in [0.4, 0.5) is 11.5 Å². The van der Waals surface area contributed by atoms with E-state index in [4.69, 9.17) is 11.6 Å². The molecule has 0 saturated carbocycles. The van der Waals surface area contributed by atoms with Crippen molar-refractivity contribution in [2.45, 2.75) is 0 Å². The minimum Gasteiger partial charge on any atom is -0.338 e. The van der Waals surface area contributed by atoms with Crippen LogP contribution < -0.4 is 5.32 Å². The molecule has 6 heteroatoms. The summed E-state index contributed by atoms with van der Waals surface area (Å²) in [6.07, 6.45) is 1.60. The van der Waals surface area contributed by atoms with Gasteiger partial charge in [-0.15, -0.1) is 0 Å². The topological polar surface area (TPSA) is 24.9 Å². The molecule has 88 valence electrons. The number of anilines is 2. The normalized spacial score (nSPS) is 10.4. The summed E-state index contributed by atoms with van der Waals surface area (Å²) in [6.45, 7) is 0. The Hall–Kier alpha value is -0.100. The van der Waals surface area contributed by atoms with Gasteiger partial charge in [-0.1, -0.05) is 27.5 Å². The number of aromatic nitrogens is 1. The number of nitrogens with one attached hydrogen (secondary N) is 1. The molecule has 0 radical (unpaired) electrons. The summed E-state index contributed by atoms with van der Waals surface area (Å²) in [5, 5.41) is 3.81. The van der Waals surface area contributed by atoms with Gasteiger partial charge in [-0.2, -0.15) is 0 Å². The molecule has 0 fully saturated rings. The number of halogens is 4. The summed E-state index contributed by atoms with van der Waals surface area (Å²) in [7, 11) is 0. The number of hydrogen-bond donors (Lipinski definition) is 1. The average Bonchev–Trinajstić information content (AvgIpc) is 2.25. The van der Waals surface area contributed by atoms with Crippen molar-refractivity contribution < 1.29 is 0 Å². The van der Waals surface area contributed by atoms with Crippen molar-refractivity contribution >= 4 is 70.9 Å². The van der Waals surface area contributed by atoms with Crippen LogP contribution in [0.3, 0.4) is 0 Å². The van der Waals surface area contributed by atoms with E-state index in [1.165, 1.54) is 0 Å². The highest BCUT2D eigenvalue weighted by Gasteiger charge is 2.05. The Kier molecular flexibility index (Phi) is 4.47. The predicted octanol–water partition coefficient (Wildman–Crippen LogP) is 5.77. The van der Waals surface area contributed by atoms with E-state index in [2.05, 4.69) is 58.1 Å². The first kappa shape index (κ1) is 13.3. The first-order valence-electron chi connectivity index (χ1n) is 4.59. The van der Waals surface area contributed by atoms with Crippen molar-refractivity contribution in [2.24, 2.45) is 0 Å². The van der Waals surface area contributed by atoms with Crippen LogP contribution in [0.15, 0.2) is 43.9 Å². The lowest BCUT2D eigenvalue weighted by Crippen LogP contribution is -1.95. The van der Waals surface area contributed by atoms with Gasteiger partial charge in [-0.25, -0.2) is 4.98 Å². The van der Waals surface area contributed by atoms with E-state index in [1.807, 2.05) is 18.2 Å². The van der Waals surface area contributed by atoms with Crippen LogP contribution in [-0.4, -0.2) is 4.98 Å². The van der Waals surface area contributed by atoms with Gasteiger partial charge in [0.25, 0.3) is 0 Å². The molecule has 2 nitrogen and oxygen atoms in total. The van der Waals surface area contributed by atoms with Crippen molar-refractivity contribution in [3.8, 4) is 0 Å². The molecule has 1 heterocycles. The molecule has 0 bridgehead atoms. The van der Waals surface area contributed by atoms with Gasteiger partial charge >= 0.3 is 0 Å². The van der Waals surface area contributed by atoms with Crippen LogP contribution in [-0.2, 0) is 0 Å². The molecule has 0 aliphatic heterocycles. The molecule has 17 heavy (non-hydrogen) atoms. The number of benzene rings is 1. The molecule has 0 spiro atoms. The van der Waals surface area contributed by atoms with Gasteiger partial charge in [0.1, 0.15) is 5.82 Å². The van der Waals surface area contributed by atoms with Crippen LogP contribution in [0.1, 0.15) is 0 Å². The molecule has 0 aliphatic rings. The van der Waals surface area contributed by atoms with Crippen molar-refractivity contribution in [1.82, 2.24) is 4.98 Å². The van der Waals surface area contributed by atoms with Gasteiger partial charge in [-0.05, 0) is 56.1 Å². The smallest absolute Gasteiger partial charge is 0.144 e. The Bertz CT molecular complexity index is 511. The fraction of sp³-hybridized carbons (Fsp3) is 0. The number of hydrogen-bond acceptors (Lipinski definition) is 2. The summed E-state index contributed by atoms with van der Waals surface area (Å²) < 4.78 is 2.79. The van der Waals surface area contributed by atoms with Crippen LogP contribution in [0.5, 0.6) is 0 Å². The van der Waals surface area contributed by atoms with E-state index < -0.39 is 0 Å². The van der Waals surface area contributed by atoms with Gasteiger partial charge in [-0.3, -0.25) is 0 Å². The third-order valence-electron chi connectivity index (χ3n) is 1.99. The second kappa shape index (κ2) is 5.69. The number of rotatable bonds is 2. The lowest BCUT2D eigenvalue weighted by atomic mass is 10.3. The number of nitrogens with zero attached hydrogens (tertiary/aromatic N) is 1. The van der Waals surface area contributed by atoms with Gasteiger partial charge < -0.3 is 5.32 Å². The maximum Gasteiger partial charge on any atom is 0.144 e. The third kappa shape index (κ3) is 3.44. The Morgan fingerprint density at radius 2 is 1.82 bits per heavy atom. The molecule has 0 atom stereocenters. The molecule has 1 aromatic heterocycles. The van der Waals surface area contributed by atoms with Crippen molar-refractivity contribution in [3.05, 3.63) is 48.9 Å². The highest BCUT2D eigenvalue weighted by atomic mass is 79.9. The minimum absolute atomic E-state index is 0.595. The molecule has 0 aliphatic carbocycles. The third-order valence-corrected chi connectivity index (χ3v) is 3.95. The summed E-state index contributed by atoms with van der Waals surface area (Å²) in [5.41, 5.74) is 0.934. The molecule has 2 aromatic rings. The van der Waals surface area contributed by atoms with Gasteiger partial charge in [0, 0.05) is 15.1 Å². The van der Waals surface area contributed by atoms with Crippen molar-refractivity contribution in [2.75, 3.05) is 5.32 Å². The Balaban J connectivity index is 2.31. The van der Waals surface area contributed by atoms with E-state index in [1.54, 1.807) is 12.3 Å². The van der Waals surface area contributed by atoms with E-state index in [0.717, 1.165) is 24.9 Å². The lowest BCUT2D eigenvalue weighted by molar-refractivity contribution is 1.29. The summed E-state index contributed by atoms with van der Waals surface area (Å²) >= 11 is 16.1. The Labute approximate surface area is 129 Å². The molecular formula is C11H6Br3ClN2. The maximum absolute atomic E-state index is 5.84. The second-order valence-electron chi connectivity index (χ2n) is 3.23. The highest BCUT2D eigenvalue weighted by molar-refractivity contribution is 9.11. The Morgan fingerprint density at radius 3 is 2.47 bits per heavy atom. The lowest BCUT2D eigenvalue weighted by Gasteiger charge is -2.09. The first-order chi connectivity index (χ1) is 8.06. The Morgan fingerprint density at radius 1 is 1.06 bits per heavy atom. The van der Waals surface area contributed by atoms with Crippen LogP contribution in [0.2, 0.25) is 5.02 Å². The zero-order valence-electron chi connectivity index (χ0n) is 8.35. The zero-order chi connectivity index (χ0) is 12.4. The van der Waals surface area contributed by atoms with Gasteiger partial charge in [0.2, 0.25) is 0 Å². The van der Waals surface area contributed by atoms with E-state index in [-0.39, 0.29) is 0 Å². The fourth-order valence-electron chi connectivity index (χ4n) is 1.22. The largest absolute Gasteiger partial charge is 0.338 e. The monoisotopic (exact) mass is 438 g/mol. The fourth-order valence-corrected chi connectivity index (χ4v) is 3.11. The molecule has 0 unspecified atom stereocenters. The summed E-state index contributed by atoms with van der Waals surface area (Å²) in [5.74, 6) is 0.720. The number of pyridine rings is 1. The molecule has 2 rings (SSSR count). The van der Waals surface area contributed by atoms with Crippen molar-refractivity contribution in [1.29, 1.82) is 0 Å². The maximum atomic E-state index is 5.84. The molecule has 1 aromatic carbocycles. The average molecular weight is 441 g/mol. The van der Waals surface area contributed by atoms with Crippen molar-refractivity contribution in [3.63, 3.8) is 0 Å². The quantitative estimate of drug-likeness (QED) is 0.641. The second-order valence-corrected chi connectivity index (χ2v) is 6.29. The van der Waals surface area contributed by atoms with Gasteiger partial charge in [0.15, 0.2) is 0 Å². The van der Waals surface area contributed by atoms with E-state index in [0.29, 0.717) is 5.02 Å². The summed E-state index contributed by atoms with van der Waals surface area (Å²) in [6, 6.07) is 7.67. The molecule has 0 saturated heterocycles. The molecular weight excluding hydrogens is 435 g/mol. The van der Waals surface area contributed by atoms with Crippen LogP contribution in [0, 0.1) is 0 Å². The zero-order valence-corrected chi connectivity index (χ0v) is 13.9. The highest BCUT2D eigenvalue weighted by Crippen LogP contribution is 2.31. The molecule has 0 amide bonds. The SMILES string of the molecule is Clc1cnc(Nc2ccc(Br)cc2Br)c(Br)c1. The first-order valence-corrected chi connectivity index (χ1v) is 7.35. The van der Waals surface area contributed by atoms with E-state index >= 15 is 0 Å². The predicted molar refractivity (Wildman–Crippen MR) is 82.1 cm³/mol. The van der Waals surface area contributed by atoms with E-state index in [9.17, 15) is 0 Å². The van der Waals surface area contributed by atoms with Crippen LogP contribution >= 0.6 is 59.4 Å². The molecule has 1 N–H and O–H groups in total.